The molecule has 2 heteroatoms. The van der Waals surface area contributed by atoms with Crippen LogP contribution in [-0.4, -0.2) is 6.61 Å². The third kappa shape index (κ3) is 6.28. The fourth-order valence-electron chi connectivity index (χ4n) is 2.65. The summed E-state index contributed by atoms with van der Waals surface area (Å²) in [6, 6.07) is 27.0. The number of allylic oxidation sites excluding steroid dienone is 2. The monoisotopic (exact) mass is 355 g/mol. The van der Waals surface area contributed by atoms with E-state index >= 15 is 0 Å². The topological polar surface area (TPSA) is 21.3 Å². The maximum atomic E-state index is 5.42. The molecule has 0 spiro atoms. The SMILES string of the molecule is CCOCc1ccc(Nc2ccc(/C=C/C=C/c3ccccc3)cc2)cc1. The molecule has 1 N–H and O–H groups in total. The maximum absolute atomic E-state index is 5.42. The second-order valence-corrected chi connectivity index (χ2v) is 6.21. The van der Waals surface area contributed by atoms with Crippen molar-refractivity contribution in [1.82, 2.24) is 0 Å². The van der Waals surface area contributed by atoms with Crippen LogP contribution in [0.5, 0.6) is 0 Å². The van der Waals surface area contributed by atoms with Crippen LogP contribution in [-0.2, 0) is 11.3 Å². The molecule has 3 aromatic rings. The highest BCUT2D eigenvalue weighted by Gasteiger charge is 1.97. The van der Waals surface area contributed by atoms with E-state index < -0.39 is 0 Å². The molecule has 0 saturated carbocycles. The minimum absolute atomic E-state index is 0.663. The second kappa shape index (κ2) is 10.1. The average Bonchev–Trinajstić information content (AvgIpc) is 2.73. The molecule has 0 fully saturated rings. The summed E-state index contributed by atoms with van der Waals surface area (Å²) in [7, 11) is 0. The zero-order valence-electron chi connectivity index (χ0n) is 15.6. The van der Waals surface area contributed by atoms with Crippen LogP contribution < -0.4 is 5.32 Å². The quantitative estimate of drug-likeness (QED) is 0.454. The fourth-order valence-corrected chi connectivity index (χ4v) is 2.65. The minimum atomic E-state index is 0.663. The number of hydrogen-bond donors (Lipinski definition) is 1. The first-order valence-corrected chi connectivity index (χ1v) is 9.27. The molecule has 0 aliphatic rings. The van der Waals surface area contributed by atoms with Gasteiger partial charge in [0.1, 0.15) is 0 Å². The first-order valence-electron chi connectivity index (χ1n) is 9.27. The Morgan fingerprint density at radius 3 is 1.85 bits per heavy atom. The van der Waals surface area contributed by atoms with Crippen LogP contribution in [0, 0.1) is 0 Å². The van der Waals surface area contributed by atoms with Crippen LogP contribution in [0.15, 0.2) is 91.0 Å². The van der Waals surface area contributed by atoms with E-state index in [-0.39, 0.29) is 0 Å². The molecule has 0 aliphatic carbocycles. The Labute approximate surface area is 161 Å². The summed E-state index contributed by atoms with van der Waals surface area (Å²) in [4.78, 5) is 0. The first-order chi connectivity index (χ1) is 13.3. The van der Waals surface area contributed by atoms with Crippen molar-refractivity contribution < 1.29 is 4.74 Å². The molecule has 0 heterocycles. The van der Waals surface area contributed by atoms with Crippen LogP contribution in [0.4, 0.5) is 11.4 Å². The molecule has 136 valence electrons. The Hall–Kier alpha value is -3.10. The zero-order valence-corrected chi connectivity index (χ0v) is 15.6. The van der Waals surface area contributed by atoms with Crippen molar-refractivity contribution in [2.24, 2.45) is 0 Å². The first kappa shape index (κ1) is 18.7. The van der Waals surface area contributed by atoms with E-state index in [0.29, 0.717) is 6.61 Å². The number of nitrogens with one attached hydrogen (secondary N) is 1. The molecule has 0 unspecified atom stereocenters. The van der Waals surface area contributed by atoms with Crippen molar-refractivity contribution in [2.75, 3.05) is 11.9 Å². The molecule has 0 saturated heterocycles. The smallest absolute Gasteiger partial charge is 0.0716 e. The van der Waals surface area contributed by atoms with Gasteiger partial charge in [-0.25, -0.2) is 0 Å². The second-order valence-electron chi connectivity index (χ2n) is 6.21. The lowest BCUT2D eigenvalue weighted by molar-refractivity contribution is 0.134. The largest absolute Gasteiger partial charge is 0.377 e. The Balaban J connectivity index is 1.54. The van der Waals surface area contributed by atoms with E-state index in [9.17, 15) is 0 Å². The number of hydrogen-bond acceptors (Lipinski definition) is 2. The molecule has 0 amide bonds. The van der Waals surface area contributed by atoms with E-state index in [2.05, 4.69) is 90.3 Å². The molecule has 0 radical (unpaired) electrons. The summed E-state index contributed by atoms with van der Waals surface area (Å²) in [5, 5.41) is 3.42. The van der Waals surface area contributed by atoms with Crippen molar-refractivity contribution in [3.05, 3.63) is 108 Å². The van der Waals surface area contributed by atoms with Crippen molar-refractivity contribution in [2.45, 2.75) is 13.5 Å². The summed E-state index contributed by atoms with van der Waals surface area (Å²) in [6.45, 7) is 3.41. The molecule has 3 aromatic carbocycles. The summed E-state index contributed by atoms with van der Waals surface area (Å²) in [5.74, 6) is 0. The molecular formula is C25H25NO. The zero-order chi connectivity index (χ0) is 18.7. The third-order valence-electron chi connectivity index (χ3n) is 4.11. The molecule has 27 heavy (non-hydrogen) atoms. The predicted molar refractivity (Wildman–Crippen MR) is 116 cm³/mol. The van der Waals surface area contributed by atoms with Gasteiger partial charge in [-0.1, -0.05) is 78.9 Å². The fraction of sp³-hybridized carbons (Fsp3) is 0.120. The Morgan fingerprint density at radius 2 is 1.26 bits per heavy atom. The summed E-state index contributed by atoms with van der Waals surface area (Å²) < 4.78 is 5.42. The van der Waals surface area contributed by atoms with Crippen molar-refractivity contribution >= 4 is 23.5 Å². The van der Waals surface area contributed by atoms with Crippen LogP contribution >= 0.6 is 0 Å². The van der Waals surface area contributed by atoms with Gasteiger partial charge < -0.3 is 10.1 Å². The van der Waals surface area contributed by atoms with E-state index in [4.69, 9.17) is 4.74 Å². The van der Waals surface area contributed by atoms with Gasteiger partial charge in [-0.15, -0.1) is 0 Å². The van der Waals surface area contributed by atoms with Crippen LogP contribution in [0.3, 0.4) is 0 Å². The van der Waals surface area contributed by atoms with E-state index in [1.54, 1.807) is 0 Å². The predicted octanol–water partition coefficient (Wildman–Crippen LogP) is 6.69. The minimum Gasteiger partial charge on any atom is -0.377 e. The lowest BCUT2D eigenvalue weighted by Crippen LogP contribution is -1.93. The molecule has 3 rings (SSSR count). The van der Waals surface area contributed by atoms with Crippen LogP contribution in [0.1, 0.15) is 23.6 Å². The van der Waals surface area contributed by atoms with Gasteiger partial charge in [0.15, 0.2) is 0 Å². The normalized spacial score (nSPS) is 11.3. The van der Waals surface area contributed by atoms with Crippen LogP contribution in [0.2, 0.25) is 0 Å². The van der Waals surface area contributed by atoms with Gasteiger partial charge in [0, 0.05) is 18.0 Å². The van der Waals surface area contributed by atoms with E-state index in [0.717, 1.165) is 18.0 Å². The highest BCUT2D eigenvalue weighted by Crippen LogP contribution is 2.18. The van der Waals surface area contributed by atoms with E-state index in [1.165, 1.54) is 16.7 Å². The van der Waals surface area contributed by atoms with Gasteiger partial charge in [0.2, 0.25) is 0 Å². The van der Waals surface area contributed by atoms with Crippen molar-refractivity contribution in [3.8, 4) is 0 Å². The molecular weight excluding hydrogens is 330 g/mol. The number of benzene rings is 3. The molecule has 0 bridgehead atoms. The number of ether oxygens (including phenoxy) is 1. The lowest BCUT2D eigenvalue weighted by atomic mass is 10.1. The average molecular weight is 355 g/mol. The molecule has 0 aromatic heterocycles. The summed E-state index contributed by atoms with van der Waals surface area (Å²) in [6.07, 6.45) is 8.32. The van der Waals surface area contributed by atoms with Crippen molar-refractivity contribution in [1.29, 1.82) is 0 Å². The van der Waals surface area contributed by atoms with Gasteiger partial charge in [-0.3, -0.25) is 0 Å². The Kier molecular flexibility index (Phi) is 7.02. The van der Waals surface area contributed by atoms with Gasteiger partial charge in [0.25, 0.3) is 0 Å². The van der Waals surface area contributed by atoms with Gasteiger partial charge in [-0.2, -0.15) is 0 Å². The highest BCUT2D eigenvalue weighted by atomic mass is 16.5. The Bertz CT molecular complexity index is 862. The summed E-state index contributed by atoms with van der Waals surface area (Å²) >= 11 is 0. The summed E-state index contributed by atoms with van der Waals surface area (Å²) in [5.41, 5.74) is 5.71. The van der Waals surface area contributed by atoms with Crippen molar-refractivity contribution in [3.63, 3.8) is 0 Å². The lowest BCUT2D eigenvalue weighted by Gasteiger charge is -2.08. The highest BCUT2D eigenvalue weighted by molar-refractivity contribution is 5.63. The molecule has 0 atom stereocenters. The molecule has 0 aliphatic heterocycles. The third-order valence-corrected chi connectivity index (χ3v) is 4.11. The number of anilines is 2. The molecule has 2 nitrogen and oxygen atoms in total. The maximum Gasteiger partial charge on any atom is 0.0716 e. The Morgan fingerprint density at radius 1 is 0.704 bits per heavy atom. The van der Waals surface area contributed by atoms with Gasteiger partial charge in [-0.05, 0) is 47.9 Å². The number of rotatable bonds is 8. The van der Waals surface area contributed by atoms with E-state index in [1.807, 2.05) is 25.1 Å². The van der Waals surface area contributed by atoms with Gasteiger partial charge in [0.05, 0.1) is 6.61 Å². The standard InChI is InChI=1S/C25H25NO/c1-2-27-20-23-14-18-25(19-15-23)26-24-16-12-22(13-17-24)11-7-6-10-21-8-4-3-5-9-21/h3-19,26H,2,20H2,1H3/b10-6+,11-7+. The van der Waals surface area contributed by atoms with Gasteiger partial charge >= 0.3 is 0 Å². The van der Waals surface area contributed by atoms with Crippen LogP contribution in [0.25, 0.3) is 12.2 Å².